The molecule has 1 N–H and O–H groups in total. The van der Waals surface area contributed by atoms with E-state index in [-0.39, 0.29) is 0 Å². The Kier molecular flexibility index (Phi) is 4.62. The van der Waals surface area contributed by atoms with Crippen LogP contribution in [0.3, 0.4) is 0 Å². The normalized spacial score (nSPS) is 27.4. The van der Waals surface area contributed by atoms with E-state index in [1.165, 1.54) is 38.8 Å². The molecule has 1 saturated heterocycles. The van der Waals surface area contributed by atoms with Gasteiger partial charge in [-0.1, -0.05) is 19.8 Å². The Labute approximate surface area is 99.4 Å². The van der Waals surface area contributed by atoms with Crippen molar-refractivity contribution in [2.24, 2.45) is 0 Å². The molecule has 0 aromatic carbocycles. The van der Waals surface area contributed by atoms with Crippen molar-refractivity contribution in [3.8, 4) is 0 Å². The predicted molar refractivity (Wildman–Crippen MR) is 66.6 cm³/mol. The highest BCUT2D eigenvalue weighted by molar-refractivity contribution is 4.83. The van der Waals surface area contributed by atoms with Crippen LogP contribution in [0.25, 0.3) is 0 Å². The molecular weight excluding hydrogens is 200 g/mol. The first kappa shape index (κ1) is 12.3. The average Bonchev–Trinajstić information content (AvgIpc) is 2.85. The van der Waals surface area contributed by atoms with E-state index in [1.54, 1.807) is 0 Å². The van der Waals surface area contributed by atoms with E-state index in [0.29, 0.717) is 12.6 Å². The van der Waals surface area contributed by atoms with Gasteiger partial charge in [-0.15, -0.1) is 0 Å². The molecule has 0 spiro atoms. The minimum absolute atomic E-state index is 0.319. The van der Waals surface area contributed by atoms with E-state index in [1.807, 2.05) is 0 Å². The Hall–Kier alpha value is -0.120. The standard InChI is InChI=1S/C13H26N2O/c1-2-12(11-16)14-7-9-15(10-8-14)13-5-3-4-6-13/h12-13,16H,2-11H2,1H3. The Morgan fingerprint density at radius 1 is 1.12 bits per heavy atom. The number of aliphatic hydroxyl groups is 1. The zero-order valence-electron chi connectivity index (χ0n) is 10.6. The van der Waals surface area contributed by atoms with Gasteiger partial charge in [0.2, 0.25) is 0 Å². The molecule has 0 aromatic rings. The zero-order valence-corrected chi connectivity index (χ0v) is 10.6. The lowest BCUT2D eigenvalue weighted by Gasteiger charge is -2.40. The molecule has 2 fully saturated rings. The van der Waals surface area contributed by atoms with Gasteiger partial charge in [-0.2, -0.15) is 0 Å². The van der Waals surface area contributed by atoms with Crippen LogP contribution in [-0.2, 0) is 0 Å². The van der Waals surface area contributed by atoms with Crippen molar-refractivity contribution in [2.75, 3.05) is 32.8 Å². The number of hydrogen-bond acceptors (Lipinski definition) is 3. The number of hydrogen-bond donors (Lipinski definition) is 1. The molecule has 0 amide bonds. The van der Waals surface area contributed by atoms with Gasteiger partial charge in [0.05, 0.1) is 6.61 Å². The van der Waals surface area contributed by atoms with Crippen molar-refractivity contribution in [1.82, 2.24) is 9.80 Å². The summed E-state index contributed by atoms with van der Waals surface area (Å²) in [4.78, 5) is 5.14. The second-order valence-electron chi connectivity index (χ2n) is 5.25. The fourth-order valence-electron chi connectivity index (χ4n) is 3.24. The van der Waals surface area contributed by atoms with Crippen LogP contribution in [0.1, 0.15) is 39.0 Å². The zero-order chi connectivity index (χ0) is 11.4. The van der Waals surface area contributed by atoms with Gasteiger partial charge in [0.15, 0.2) is 0 Å². The highest BCUT2D eigenvalue weighted by Gasteiger charge is 2.27. The molecule has 1 unspecified atom stereocenters. The lowest BCUT2D eigenvalue weighted by atomic mass is 10.1. The molecule has 16 heavy (non-hydrogen) atoms. The SMILES string of the molecule is CCC(CO)N1CCN(C2CCCC2)CC1. The third kappa shape index (κ3) is 2.76. The number of aliphatic hydroxyl groups excluding tert-OH is 1. The maximum absolute atomic E-state index is 9.30. The highest BCUT2D eigenvalue weighted by atomic mass is 16.3. The van der Waals surface area contributed by atoms with Crippen LogP contribution in [-0.4, -0.2) is 59.8 Å². The van der Waals surface area contributed by atoms with Gasteiger partial charge in [0.25, 0.3) is 0 Å². The predicted octanol–water partition coefficient (Wildman–Crippen LogP) is 1.32. The monoisotopic (exact) mass is 226 g/mol. The summed E-state index contributed by atoms with van der Waals surface area (Å²) in [5.74, 6) is 0. The molecule has 0 radical (unpaired) electrons. The Bertz CT molecular complexity index is 182. The number of piperazine rings is 1. The molecular formula is C13H26N2O. The Morgan fingerprint density at radius 2 is 1.75 bits per heavy atom. The smallest absolute Gasteiger partial charge is 0.0586 e. The Morgan fingerprint density at radius 3 is 2.25 bits per heavy atom. The summed E-state index contributed by atoms with van der Waals surface area (Å²) in [7, 11) is 0. The molecule has 1 saturated carbocycles. The Balaban J connectivity index is 1.77. The summed E-state index contributed by atoms with van der Waals surface area (Å²) in [6.07, 6.45) is 6.76. The maximum atomic E-state index is 9.30. The minimum Gasteiger partial charge on any atom is -0.395 e. The average molecular weight is 226 g/mol. The van der Waals surface area contributed by atoms with Crippen LogP contribution < -0.4 is 0 Å². The van der Waals surface area contributed by atoms with Gasteiger partial charge in [-0.05, 0) is 19.3 Å². The molecule has 0 bridgehead atoms. The van der Waals surface area contributed by atoms with Gasteiger partial charge >= 0.3 is 0 Å². The first-order valence-corrected chi connectivity index (χ1v) is 6.94. The first-order valence-electron chi connectivity index (χ1n) is 6.94. The molecule has 3 heteroatoms. The third-order valence-corrected chi connectivity index (χ3v) is 4.39. The lowest BCUT2D eigenvalue weighted by Crippen LogP contribution is -2.53. The van der Waals surface area contributed by atoms with Crippen molar-refractivity contribution in [2.45, 2.75) is 51.1 Å². The molecule has 94 valence electrons. The fraction of sp³-hybridized carbons (Fsp3) is 1.00. The molecule has 0 aromatic heterocycles. The second kappa shape index (κ2) is 5.99. The van der Waals surface area contributed by atoms with Gasteiger partial charge < -0.3 is 5.11 Å². The summed E-state index contributed by atoms with van der Waals surface area (Å²) in [6.45, 7) is 7.21. The first-order chi connectivity index (χ1) is 7.85. The van der Waals surface area contributed by atoms with Crippen LogP contribution in [0, 0.1) is 0 Å². The molecule has 1 aliphatic heterocycles. The van der Waals surface area contributed by atoms with E-state index in [0.717, 1.165) is 25.6 Å². The molecule has 1 aliphatic carbocycles. The van der Waals surface area contributed by atoms with Gasteiger partial charge in [0.1, 0.15) is 0 Å². The summed E-state index contributed by atoms with van der Waals surface area (Å²) in [6, 6.07) is 1.27. The minimum atomic E-state index is 0.319. The second-order valence-corrected chi connectivity index (χ2v) is 5.25. The summed E-state index contributed by atoms with van der Waals surface area (Å²) in [5, 5.41) is 9.30. The van der Waals surface area contributed by atoms with Crippen LogP contribution in [0.2, 0.25) is 0 Å². The fourth-order valence-corrected chi connectivity index (χ4v) is 3.24. The largest absolute Gasteiger partial charge is 0.395 e. The van der Waals surface area contributed by atoms with Crippen molar-refractivity contribution in [3.63, 3.8) is 0 Å². The van der Waals surface area contributed by atoms with Crippen molar-refractivity contribution in [3.05, 3.63) is 0 Å². The van der Waals surface area contributed by atoms with E-state index in [2.05, 4.69) is 16.7 Å². The molecule has 3 nitrogen and oxygen atoms in total. The van der Waals surface area contributed by atoms with Gasteiger partial charge in [-0.3, -0.25) is 9.80 Å². The molecule has 1 heterocycles. The molecule has 1 atom stereocenters. The van der Waals surface area contributed by atoms with Crippen molar-refractivity contribution < 1.29 is 5.11 Å². The van der Waals surface area contributed by atoms with Crippen molar-refractivity contribution in [1.29, 1.82) is 0 Å². The summed E-state index contributed by atoms with van der Waals surface area (Å²) < 4.78 is 0. The van der Waals surface area contributed by atoms with Gasteiger partial charge in [0, 0.05) is 38.3 Å². The van der Waals surface area contributed by atoms with Crippen molar-refractivity contribution >= 4 is 0 Å². The van der Waals surface area contributed by atoms with E-state index in [9.17, 15) is 5.11 Å². The molecule has 2 aliphatic rings. The number of rotatable bonds is 4. The van der Waals surface area contributed by atoms with Crippen LogP contribution in [0.4, 0.5) is 0 Å². The lowest BCUT2D eigenvalue weighted by molar-refractivity contribution is 0.0467. The van der Waals surface area contributed by atoms with E-state index in [4.69, 9.17) is 0 Å². The number of nitrogens with zero attached hydrogens (tertiary/aromatic N) is 2. The van der Waals surface area contributed by atoms with E-state index >= 15 is 0 Å². The summed E-state index contributed by atoms with van der Waals surface area (Å²) >= 11 is 0. The van der Waals surface area contributed by atoms with Gasteiger partial charge in [-0.25, -0.2) is 0 Å². The quantitative estimate of drug-likeness (QED) is 0.783. The third-order valence-electron chi connectivity index (χ3n) is 4.39. The summed E-state index contributed by atoms with van der Waals surface area (Å²) in [5.41, 5.74) is 0. The topological polar surface area (TPSA) is 26.7 Å². The van der Waals surface area contributed by atoms with Crippen LogP contribution in [0.5, 0.6) is 0 Å². The maximum Gasteiger partial charge on any atom is 0.0586 e. The highest BCUT2D eigenvalue weighted by Crippen LogP contribution is 2.24. The molecule has 2 rings (SSSR count). The van der Waals surface area contributed by atoms with Crippen LogP contribution >= 0.6 is 0 Å². The van der Waals surface area contributed by atoms with E-state index < -0.39 is 0 Å². The van der Waals surface area contributed by atoms with Crippen LogP contribution in [0.15, 0.2) is 0 Å².